The minimum absolute atomic E-state index is 0.199. The number of methoxy groups -OCH3 is 1. The predicted molar refractivity (Wildman–Crippen MR) is 71.7 cm³/mol. The van der Waals surface area contributed by atoms with E-state index in [0.717, 1.165) is 31.6 Å². The molecule has 1 heterocycles. The number of hydrogen-bond donors (Lipinski definition) is 2. The lowest BCUT2D eigenvalue weighted by Crippen LogP contribution is -2.47. The molecule has 1 aromatic carbocycles. The fourth-order valence-electron chi connectivity index (χ4n) is 2.41. The second kappa shape index (κ2) is 5.59. The lowest BCUT2D eigenvalue weighted by atomic mass is 9.94. The van der Waals surface area contributed by atoms with Gasteiger partial charge in [-0.2, -0.15) is 0 Å². The summed E-state index contributed by atoms with van der Waals surface area (Å²) in [6.07, 6.45) is 1.14. The highest BCUT2D eigenvalue weighted by atomic mass is 16.5. The molecule has 0 aliphatic carbocycles. The number of likely N-dealkylation sites (tertiary alicyclic amines) is 1. The monoisotopic (exact) mass is 250 g/mol. The molecule has 0 aromatic heterocycles. The lowest BCUT2D eigenvalue weighted by molar-refractivity contribution is 0.162. The van der Waals surface area contributed by atoms with Crippen LogP contribution in [0.3, 0.4) is 0 Å². The van der Waals surface area contributed by atoms with Gasteiger partial charge in [0.25, 0.3) is 0 Å². The van der Waals surface area contributed by atoms with E-state index >= 15 is 0 Å². The molecule has 2 atom stereocenters. The van der Waals surface area contributed by atoms with Gasteiger partial charge in [-0.15, -0.1) is 0 Å². The van der Waals surface area contributed by atoms with Gasteiger partial charge in [-0.1, -0.05) is 13.0 Å². The van der Waals surface area contributed by atoms with E-state index in [-0.39, 0.29) is 11.8 Å². The highest BCUT2D eigenvalue weighted by molar-refractivity contribution is 5.41. The molecule has 0 radical (unpaired) electrons. The largest absolute Gasteiger partial charge is 0.504 e. The summed E-state index contributed by atoms with van der Waals surface area (Å²) in [5.74, 6) is 1.32. The maximum Gasteiger partial charge on any atom is 0.160 e. The van der Waals surface area contributed by atoms with E-state index in [4.69, 9.17) is 10.5 Å². The first-order valence-corrected chi connectivity index (χ1v) is 6.44. The van der Waals surface area contributed by atoms with Crippen LogP contribution in [0.25, 0.3) is 0 Å². The molecule has 0 saturated carbocycles. The molecule has 2 unspecified atom stereocenters. The molecule has 0 bridgehead atoms. The molecule has 4 nitrogen and oxygen atoms in total. The number of phenols is 1. The van der Waals surface area contributed by atoms with Crippen LogP contribution in [0.5, 0.6) is 11.5 Å². The Morgan fingerprint density at radius 1 is 1.50 bits per heavy atom. The van der Waals surface area contributed by atoms with Gasteiger partial charge in [0.05, 0.1) is 7.11 Å². The summed E-state index contributed by atoms with van der Waals surface area (Å²) in [6, 6.07) is 5.81. The van der Waals surface area contributed by atoms with Crippen LogP contribution in [-0.2, 0) is 6.54 Å². The van der Waals surface area contributed by atoms with Crippen molar-refractivity contribution in [1.29, 1.82) is 0 Å². The van der Waals surface area contributed by atoms with Gasteiger partial charge >= 0.3 is 0 Å². The number of piperidine rings is 1. The zero-order chi connectivity index (χ0) is 13.1. The molecular weight excluding hydrogens is 228 g/mol. The van der Waals surface area contributed by atoms with E-state index in [0.29, 0.717) is 11.7 Å². The van der Waals surface area contributed by atoms with Gasteiger partial charge in [0.1, 0.15) is 0 Å². The first-order valence-electron chi connectivity index (χ1n) is 6.44. The SMILES string of the molecule is COc1ccc(CN2CCC(C)C(N)C2)cc1O. The Balaban J connectivity index is 1.99. The minimum atomic E-state index is 0.199. The molecule has 3 N–H and O–H groups in total. The normalized spacial score (nSPS) is 25.1. The maximum absolute atomic E-state index is 9.75. The van der Waals surface area contributed by atoms with E-state index in [2.05, 4.69) is 11.8 Å². The highest BCUT2D eigenvalue weighted by Crippen LogP contribution is 2.27. The van der Waals surface area contributed by atoms with Crippen molar-refractivity contribution >= 4 is 0 Å². The molecule has 1 fully saturated rings. The summed E-state index contributed by atoms with van der Waals surface area (Å²) in [5, 5.41) is 9.75. The molecule has 100 valence electrons. The second-order valence-electron chi connectivity index (χ2n) is 5.17. The van der Waals surface area contributed by atoms with E-state index in [1.807, 2.05) is 6.07 Å². The Morgan fingerprint density at radius 2 is 2.28 bits per heavy atom. The van der Waals surface area contributed by atoms with Gasteiger partial charge in [-0.05, 0) is 36.6 Å². The zero-order valence-corrected chi connectivity index (χ0v) is 11.1. The Hall–Kier alpha value is -1.26. The lowest BCUT2D eigenvalue weighted by Gasteiger charge is -2.35. The van der Waals surface area contributed by atoms with E-state index in [1.54, 1.807) is 19.2 Å². The Kier molecular flexibility index (Phi) is 4.09. The number of nitrogens with two attached hydrogens (primary N) is 1. The molecule has 1 saturated heterocycles. The van der Waals surface area contributed by atoms with E-state index in [1.165, 1.54) is 0 Å². The van der Waals surface area contributed by atoms with Crippen LogP contribution in [0.15, 0.2) is 18.2 Å². The van der Waals surface area contributed by atoms with Gasteiger partial charge in [0.15, 0.2) is 11.5 Å². The second-order valence-corrected chi connectivity index (χ2v) is 5.17. The van der Waals surface area contributed by atoms with E-state index < -0.39 is 0 Å². The van der Waals surface area contributed by atoms with Crippen LogP contribution < -0.4 is 10.5 Å². The van der Waals surface area contributed by atoms with Crippen molar-refractivity contribution in [2.24, 2.45) is 11.7 Å². The summed E-state index contributed by atoms with van der Waals surface area (Å²) in [4.78, 5) is 2.34. The molecule has 0 spiro atoms. The highest BCUT2D eigenvalue weighted by Gasteiger charge is 2.23. The Bertz CT molecular complexity index is 409. The number of aromatic hydroxyl groups is 1. The summed E-state index contributed by atoms with van der Waals surface area (Å²) >= 11 is 0. The molecule has 1 aliphatic heterocycles. The van der Waals surface area contributed by atoms with Gasteiger partial charge in [0, 0.05) is 19.1 Å². The number of benzene rings is 1. The third-order valence-corrected chi connectivity index (χ3v) is 3.75. The average molecular weight is 250 g/mol. The van der Waals surface area contributed by atoms with Gasteiger partial charge < -0.3 is 15.6 Å². The molecule has 18 heavy (non-hydrogen) atoms. The van der Waals surface area contributed by atoms with Crippen molar-refractivity contribution in [3.63, 3.8) is 0 Å². The van der Waals surface area contributed by atoms with Crippen molar-refractivity contribution in [1.82, 2.24) is 4.90 Å². The van der Waals surface area contributed by atoms with Crippen molar-refractivity contribution in [3.05, 3.63) is 23.8 Å². The van der Waals surface area contributed by atoms with Crippen LogP contribution in [0, 0.1) is 5.92 Å². The minimum Gasteiger partial charge on any atom is -0.504 e. The number of nitrogens with zero attached hydrogens (tertiary/aromatic N) is 1. The number of phenolic OH excluding ortho intramolecular Hbond substituents is 1. The van der Waals surface area contributed by atoms with Gasteiger partial charge in [-0.3, -0.25) is 4.90 Å². The van der Waals surface area contributed by atoms with Crippen molar-refractivity contribution in [2.75, 3.05) is 20.2 Å². The van der Waals surface area contributed by atoms with E-state index in [9.17, 15) is 5.11 Å². The third kappa shape index (κ3) is 2.94. The first kappa shape index (κ1) is 13.2. The fraction of sp³-hybridized carbons (Fsp3) is 0.571. The summed E-state index contributed by atoms with van der Waals surface area (Å²) in [7, 11) is 1.56. The fourth-order valence-corrected chi connectivity index (χ4v) is 2.41. The molecule has 1 aliphatic rings. The van der Waals surface area contributed by atoms with Crippen LogP contribution in [-0.4, -0.2) is 36.2 Å². The molecular formula is C14H22N2O2. The average Bonchev–Trinajstić information content (AvgIpc) is 2.34. The van der Waals surface area contributed by atoms with Gasteiger partial charge in [0.2, 0.25) is 0 Å². The first-order chi connectivity index (χ1) is 8.60. The maximum atomic E-state index is 9.75. The standard InChI is InChI=1S/C14H22N2O2/c1-10-5-6-16(9-12(10)15)8-11-3-4-14(18-2)13(17)7-11/h3-4,7,10,12,17H,5-6,8-9,15H2,1-2H3. The summed E-state index contributed by atoms with van der Waals surface area (Å²) in [6.45, 7) is 5.04. The smallest absolute Gasteiger partial charge is 0.160 e. The Morgan fingerprint density at radius 3 is 2.89 bits per heavy atom. The van der Waals surface area contributed by atoms with Crippen LogP contribution in [0.4, 0.5) is 0 Å². The van der Waals surface area contributed by atoms with Crippen LogP contribution >= 0.6 is 0 Å². The Labute approximate surface area is 108 Å². The summed E-state index contributed by atoms with van der Waals surface area (Å²) < 4.78 is 5.04. The zero-order valence-electron chi connectivity index (χ0n) is 11.1. The molecule has 1 aromatic rings. The van der Waals surface area contributed by atoms with Crippen molar-refractivity contribution in [2.45, 2.75) is 25.9 Å². The molecule has 0 amide bonds. The predicted octanol–water partition coefficient (Wildman–Crippen LogP) is 1.57. The number of rotatable bonds is 3. The number of ether oxygens (including phenoxy) is 1. The summed E-state index contributed by atoms with van der Waals surface area (Å²) in [5.41, 5.74) is 7.18. The van der Waals surface area contributed by atoms with Crippen molar-refractivity contribution < 1.29 is 9.84 Å². The topological polar surface area (TPSA) is 58.7 Å². The number of hydrogen-bond acceptors (Lipinski definition) is 4. The molecule has 4 heteroatoms. The molecule has 2 rings (SSSR count). The van der Waals surface area contributed by atoms with Gasteiger partial charge in [-0.25, -0.2) is 0 Å². The third-order valence-electron chi connectivity index (χ3n) is 3.75. The van der Waals surface area contributed by atoms with Crippen LogP contribution in [0.2, 0.25) is 0 Å². The van der Waals surface area contributed by atoms with Crippen molar-refractivity contribution in [3.8, 4) is 11.5 Å². The quantitative estimate of drug-likeness (QED) is 0.855. The van der Waals surface area contributed by atoms with Crippen LogP contribution in [0.1, 0.15) is 18.9 Å².